The number of fused-ring (bicyclic) bond motifs is 1. The Kier molecular flexibility index (Phi) is 4.13. The lowest BCUT2D eigenvalue weighted by Crippen LogP contribution is -2.18. The molecule has 1 N–H and O–H groups in total. The van der Waals surface area contributed by atoms with Gasteiger partial charge in [0.1, 0.15) is 17.0 Å². The van der Waals surface area contributed by atoms with Crippen molar-refractivity contribution in [3.05, 3.63) is 42.7 Å². The summed E-state index contributed by atoms with van der Waals surface area (Å²) in [5, 5.41) is 4.39. The molecular formula is C16H17N3OS. The molecule has 0 bridgehead atoms. The summed E-state index contributed by atoms with van der Waals surface area (Å²) in [5.41, 5.74) is 1.21. The van der Waals surface area contributed by atoms with Crippen molar-refractivity contribution in [2.75, 3.05) is 19.0 Å². The predicted molar refractivity (Wildman–Crippen MR) is 87.8 cm³/mol. The number of methoxy groups -OCH3 is 1. The zero-order valence-corrected chi connectivity index (χ0v) is 12.9. The summed E-state index contributed by atoms with van der Waals surface area (Å²) in [6.07, 6.45) is 1.75. The Hall–Kier alpha value is -1.98. The van der Waals surface area contributed by atoms with E-state index in [1.807, 2.05) is 25.1 Å². The predicted octanol–water partition coefficient (Wildman–Crippen LogP) is 3.81. The van der Waals surface area contributed by atoms with Gasteiger partial charge in [0.05, 0.1) is 11.5 Å². The zero-order chi connectivity index (χ0) is 14.7. The number of hydrogen-bond acceptors (Lipinski definition) is 5. The van der Waals surface area contributed by atoms with Gasteiger partial charge in [-0.25, -0.2) is 9.97 Å². The Morgan fingerprint density at radius 2 is 2.05 bits per heavy atom. The van der Waals surface area contributed by atoms with Crippen LogP contribution in [0.3, 0.4) is 0 Å². The van der Waals surface area contributed by atoms with E-state index in [2.05, 4.69) is 33.5 Å². The Labute approximate surface area is 127 Å². The van der Waals surface area contributed by atoms with Gasteiger partial charge in [-0.15, -0.1) is 11.3 Å². The molecule has 0 aliphatic rings. The van der Waals surface area contributed by atoms with Gasteiger partial charge in [0, 0.05) is 18.5 Å². The Bertz CT molecular complexity index is 727. The van der Waals surface area contributed by atoms with E-state index in [1.54, 1.807) is 24.8 Å². The molecule has 2 aromatic heterocycles. The topological polar surface area (TPSA) is 47.0 Å². The van der Waals surface area contributed by atoms with Gasteiger partial charge in [0.25, 0.3) is 0 Å². The van der Waals surface area contributed by atoms with Crippen LogP contribution in [0.4, 0.5) is 5.82 Å². The van der Waals surface area contributed by atoms with E-state index in [9.17, 15) is 0 Å². The van der Waals surface area contributed by atoms with Crippen molar-refractivity contribution in [2.24, 2.45) is 0 Å². The van der Waals surface area contributed by atoms with Gasteiger partial charge < -0.3 is 10.1 Å². The first-order chi connectivity index (χ1) is 10.3. The summed E-state index contributed by atoms with van der Waals surface area (Å²) in [6.45, 7) is 2.74. The van der Waals surface area contributed by atoms with Gasteiger partial charge in [-0.1, -0.05) is 30.3 Å². The summed E-state index contributed by atoms with van der Waals surface area (Å²) in [5.74, 6) is 0.863. The second-order valence-electron chi connectivity index (χ2n) is 4.84. The molecule has 1 aromatic carbocycles. The van der Waals surface area contributed by atoms with Gasteiger partial charge >= 0.3 is 0 Å². The number of ether oxygens (including phenoxy) is 1. The van der Waals surface area contributed by atoms with Crippen LogP contribution in [0, 0.1) is 0 Å². The number of anilines is 1. The van der Waals surface area contributed by atoms with Crippen LogP contribution < -0.4 is 5.32 Å². The fourth-order valence-corrected chi connectivity index (χ4v) is 3.07. The smallest absolute Gasteiger partial charge is 0.138 e. The number of hydrogen-bond donors (Lipinski definition) is 1. The number of nitrogens with one attached hydrogen (secondary N) is 1. The molecule has 4 nitrogen and oxygen atoms in total. The largest absolute Gasteiger partial charge is 0.380 e. The minimum atomic E-state index is 0.141. The molecule has 0 amide bonds. The van der Waals surface area contributed by atoms with E-state index in [0.29, 0.717) is 0 Å². The van der Waals surface area contributed by atoms with Crippen molar-refractivity contribution >= 4 is 27.4 Å². The molecule has 0 aliphatic carbocycles. The number of thiophene rings is 1. The molecule has 0 saturated heterocycles. The Morgan fingerprint density at radius 1 is 1.24 bits per heavy atom. The van der Waals surface area contributed by atoms with Crippen molar-refractivity contribution < 1.29 is 4.74 Å². The highest BCUT2D eigenvalue weighted by Crippen LogP contribution is 2.34. The summed E-state index contributed by atoms with van der Waals surface area (Å²) < 4.78 is 5.26. The summed E-state index contributed by atoms with van der Waals surface area (Å²) in [6, 6.07) is 12.5. The van der Waals surface area contributed by atoms with Gasteiger partial charge in [-0.2, -0.15) is 0 Å². The van der Waals surface area contributed by atoms with Crippen LogP contribution in [0.1, 0.15) is 6.92 Å². The van der Waals surface area contributed by atoms with E-state index in [-0.39, 0.29) is 6.10 Å². The standard InChI is InChI=1S/C16H17N3OS/c1-11(20-2)9-17-15-13-8-14(12-6-4-3-5-7-12)21-16(13)19-10-18-15/h3-8,10-11H,9H2,1-2H3,(H,17,18,19). The lowest BCUT2D eigenvalue weighted by Gasteiger charge is -2.11. The highest BCUT2D eigenvalue weighted by Gasteiger charge is 2.10. The zero-order valence-electron chi connectivity index (χ0n) is 12.0. The van der Waals surface area contributed by atoms with Crippen molar-refractivity contribution in [1.29, 1.82) is 0 Å². The molecule has 1 unspecified atom stereocenters. The molecular weight excluding hydrogens is 282 g/mol. The molecule has 0 aliphatic heterocycles. The molecule has 5 heteroatoms. The first kappa shape index (κ1) is 14.0. The molecule has 0 fully saturated rings. The highest BCUT2D eigenvalue weighted by molar-refractivity contribution is 7.21. The van der Waals surface area contributed by atoms with E-state index >= 15 is 0 Å². The monoisotopic (exact) mass is 299 g/mol. The van der Waals surface area contributed by atoms with Crippen LogP contribution in [0.25, 0.3) is 20.7 Å². The van der Waals surface area contributed by atoms with Gasteiger partial charge in [0.2, 0.25) is 0 Å². The summed E-state index contributed by atoms with van der Waals surface area (Å²) >= 11 is 1.68. The molecule has 0 spiro atoms. The van der Waals surface area contributed by atoms with Crippen LogP contribution in [-0.2, 0) is 4.74 Å². The second-order valence-corrected chi connectivity index (χ2v) is 5.88. The third-order valence-corrected chi connectivity index (χ3v) is 4.44. The molecule has 21 heavy (non-hydrogen) atoms. The minimum Gasteiger partial charge on any atom is -0.380 e. The normalized spacial score (nSPS) is 12.5. The van der Waals surface area contributed by atoms with Crippen LogP contribution in [0.5, 0.6) is 0 Å². The number of nitrogens with zero attached hydrogens (tertiary/aromatic N) is 2. The number of aromatic nitrogens is 2. The fraction of sp³-hybridized carbons (Fsp3) is 0.250. The summed E-state index contributed by atoms with van der Waals surface area (Å²) in [7, 11) is 1.71. The molecule has 108 valence electrons. The third kappa shape index (κ3) is 3.04. The summed E-state index contributed by atoms with van der Waals surface area (Å²) in [4.78, 5) is 10.9. The SMILES string of the molecule is COC(C)CNc1ncnc2sc(-c3ccccc3)cc12. The molecule has 0 radical (unpaired) electrons. The van der Waals surface area contributed by atoms with Crippen LogP contribution in [-0.4, -0.2) is 29.7 Å². The maximum absolute atomic E-state index is 5.26. The van der Waals surface area contributed by atoms with Crippen LogP contribution in [0.2, 0.25) is 0 Å². The maximum atomic E-state index is 5.26. The maximum Gasteiger partial charge on any atom is 0.138 e. The van der Waals surface area contributed by atoms with Crippen LogP contribution in [0.15, 0.2) is 42.7 Å². The van der Waals surface area contributed by atoms with Gasteiger partial charge in [0.15, 0.2) is 0 Å². The van der Waals surface area contributed by atoms with Crippen molar-refractivity contribution in [2.45, 2.75) is 13.0 Å². The van der Waals surface area contributed by atoms with E-state index < -0.39 is 0 Å². The first-order valence-electron chi connectivity index (χ1n) is 6.84. The molecule has 1 atom stereocenters. The van der Waals surface area contributed by atoms with Gasteiger partial charge in [-0.05, 0) is 18.6 Å². The van der Waals surface area contributed by atoms with Gasteiger partial charge in [-0.3, -0.25) is 0 Å². The van der Waals surface area contributed by atoms with E-state index in [0.717, 1.165) is 22.6 Å². The highest BCUT2D eigenvalue weighted by atomic mass is 32.1. The Balaban J connectivity index is 1.94. The quantitative estimate of drug-likeness (QED) is 0.778. The molecule has 0 saturated carbocycles. The lowest BCUT2D eigenvalue weighted by atomic mass is 10.2. The first-order valence-corrected chi connectivity index (χ1v) is 7.66. The molecule has 2 heterocycles. The molecule has 3 rings (SSSR count). The van der Waals surface area contributed by atoms with Crippen molar-refractivity contribution in [3.8, 4) is 10.4 Å². The molecule has 3 aromatic rings. The number of rotatable bonds is 5. The average molecular weight is 299 g/mol. The second kappa shape index (κ2) is 6.20. The minimum absolute atomic E-state index is 0.141. The Morgan fingerprint density at radius 3 is 2.81 bits per heavy atom. The van der Waals surface area contributed by atoms with E-state index in [1.165, 1.54) is 10.4 Å². The van der Waals surface area contributed by atoms with Crippen molar-refractivity contribution in [1.82, 2.24) is 9.97 Å². The fourth-order valence-electron chi connectivity index (χ4n) is 2.06. The van der Waals surface area contributed by atoms with Crippen LogP contribution >= 0.6 is 11.3 Å². The van der Waals surface area contributed by atoms with E-state index in [4.69, 9.17) is 4.74 Å². The lowest BCUT2D eigenvalue weighted by molar-refractivity contribution is 0.128. The van der Waals surface area contributed by atoms with Crippen molar-refractivity contribution in [3.63, 3.8) is 0 Å². The third-order valence-electron chi connectivity index (χ3n) is 3.35. The number of benzene rings is 1. The average Bonchev–Trinajstić information content (AvgIpc) is 2.98.